The Kier molecular flexibility index (Phi) is 4.89. The average Bonchev–Trinajstić information content (AvgIpc) is 2.60. The van der Waals surface area contributed by atoms with Gasteiger partial charge in [0.15, 0.2) is 0 Å². The SMILES string of the molecule is CCc1ccc2c3c(c(=O)n(CC)c2n1)CCC(C)(CCB(O)O)O3. The molecule has 3 rings (SSSR count). The van der Waals surface area contributed by atoms with Gasteiger partial charge in [0, 0.05) is 12.2 Å². The molecule has 0 aromatic carbocycles. The predicted molar refractivity (Wildman–Crippen MR) is 98.0 cm³/mol. The summed E-state index contributed by atoms with van der Waals surface area (Å²) in [5, 5.41) is 19.2. The largest absolute Gasteiger partial charge is 0.486 e. The topological polar surface area (TPSA) is 84.6 Å². The van der Waals surface area contributed by atoms with Crippen LogP contribution in [0.3, 0.4) is 0 Å². The molecule has 25 heavy (non-hydrogen) atoms. The number of aromatic nitrogens is 2. The van der Waals surface area contributed by atoms with Crippen LogP contribution in [0.4, 0.5) is 0 Å². The summed E-state index contributed by atoms with van der Waals surface area (Å²) in [5.74, 6) is 0.612. The lowest BCUT2D eigenvalue weighted by atomic mass is 9.77. The second-order valence-corrected chi connectivity index (χ2v) is 6.96. The first-order chi connectivity index (χ1) is 11.9. The lowest BCUT2D eigenvalue weighted by Gasteiger charge is -2.36. The van der Waals surface area contributed by atoms with Crippen molar-refractivity contribution in [2.75, 3.05) is 0 Å². The molecule has 0 aliphatic carbocycles. The van der Waals surface area contributed by atoms with E-state index in [-0.39, 0.29) is 11.9 Å². The molecular formula is C18H25BN2O4. The summed E-state index contributed by atoms with van der Waals surface area (Å²) in [4.78, 5) is 17.6. The summed E-state index contributed by atoms with van der Waals surface area (Å²) >= 11 is 0. The fourth-order valence-corrected chi connectivity index (χ4v) is 3.51. The van der Waals surface area contributed by atoms with Crippen molar-refractivity contribution in [2.45, 2.75) is 64.9 Å². The van der Waals surface area contributed by atoms with Crippen LogP contribution in [0.25, 0.3) is 11.0 Å². The highest BCUT2D eigenvalue weighted by Crippen LogP contribution is 2.38. The first-order valence-electron chi connectivity index (χ1n) is 8.99. The van der Waals surface area contributed by atoms with Crippen LogP contribution in [0.2, 0.25) is 6.32 Å². The maximum atomic E-state index is 12.9. The van der Waals surface area contributed by atoms with Crippen LogP contribution >= 0.6 is 0 Å². The second-order valence-electron chi connectivity index (χ2n) is 6.96. The first kappa shape index (κ1) is 18.0. The van der Waals surface area contributed by atoms with E-state index in [0.717, 1.165) is 17.5 Å². The van der Waals surface area contributed by atoms with Gasteiger partial charge in [0.05, 0.1) is 10.9 Å². The van der Waals surface area contributed by atoms with Gasteiger partial charge in [-0.3, -0.25) is 9.36 Å². The zero-order chi connectivity index (χ0) is 18.2. The summed E-state index contributed by atoms with van der Waals surface area (Å²) in [6.07, 6.45) is 2.87. The molecule has 0 saturated heterocycles. The Labute approximate surface area is 147 Å². The quantitative estimate of drug-likeness (QED) is 0.810. The third-order valence-electron chi connectivity index (χ3n) is 5.07. The van der Waals surface area contributed by atoms with E-state index in [0.29, 0.717) is 42.8 Å². The van der Waals surface area contributed by atoms with Crippen molar-refractivity contribution >= 4 is 18.2 Å². The normalized spacial score (nSPS) is 19.6. The van der Waals surface area contributed by atoms with Crippen molar-refractivity contribution in [3.63, 3.8) is 0 Å². The van der Waals surface area contributed by atoms with Gasteiger partial charge in [0.1, 0.15) is 17.0 Å². The third-order valence-corrected chi connectivity index (χ3v) is 5.07. The maximum Gasteiger partial charge on any atom is 0.451 e. The van der Waals surface area contributed by atoms with E-state index < -0.39 is 12.7 Å². The highest BCUT2D eigenvalue weighted by molar-refractivity contribution is 6.40. The van der Waals surface area contributed by atoms with Crippen molar-refractivity contribution in [3.8, 4) is 5.75 Å². The Morgan fingerprint density at radius 1 is 1.36 bits per heavy atom. The van der Waals surface area contributed by atoms with E-state index in [1.165, 1.54) is 0 Å². The van der Waals surface area contributed by atoms with Gasteiger partial charge in [-0.25, -0.2) is 4.98 Å². The van der Waals surface area contributed by atoms with Gasteiger partial charge >= 0.3 is 7.12 Å². The van der Waals surface area contributed by atoms with Crippen LogP contribution in [-0.4, -0.2) is 32.3 Å². The molecule has 6 nitrogen and oxygen atoms in total. The number of fused-ring (bicyclic) bond motifs is 3. The Balaban J connectivity index is 2.14. The molecule has 0 fully saturated rings. The molecule has 7 heteroatoms. The monoisotopic (exact) mass is 344 g/mol. The molecular weight excluding hydrogens is 319 g/mol. The van der Waals surface area contributed by atoms with Gasteiger partial charge in [0.2, 0.25) is 0 Å². The molecule has 2 aromatic heterocycles. The van der Waals surface area contributed by atoms with Crippen molar-refractivity contribution in [1.82, 2.24) is 9.55 Å². The van der Waals surface area contributed by atoms with Gasteiger partial charge in [-0.1, -0.05) is 6.92 Å². The first-order valence-corrected chi connectivity index (χ1v) is 8.99. The van der Waals surface area contributed by atoms with Crippen LogP contribution in [0.1, 0.15) is 44.9 Å². The molecule has 0 bridgehead atoms. The number of ether oxygens (including phenoxy) is 1. The average molecular weight is 344 g/mol. The molecule has 1 unspecified atom stereocenters. The Bertz CT molecular complexity index is 849. The Morgan fingerprint density at radius 2 is 2.12 bits per heavy atom. The second kappa shape index (κ2) is 6.80. The fraction of sp³-hybridized carbons (Fsp3) is 0.556. The molecule has 0 saturated carbocycles. The number of pyridine rings is 2. The van der Waals surface area contributed by atoms with Gasteiger partial charge in [-0.05, 0) is 58.0 Å². The molecule has 0 spiro atoms. The smallest absolute Gasteiger partial charge is 0.451 e. The van der Waals surface area contributed by atoms with E-state index in [9.17, 15) is 14.8 Å². The van der Waals surface area contributed by atoms with Gasteiger partial charge in [0.25, 0.3) is 5.56 Å². The van der Waals surface area contributed by atoms with Crippen molar-refractivity contribution in [1.29, 1.82) is 0 Å². The van der Waals surface area contributed by atoms with Crippen LogP contribution < -0.4 is 10.3 Å². The van der Waals surface area contributed by atoms with Crippen LogP contribution in [0.15, 0.2) is 16.9 Å². The number of rotatable bonds is 5. The molecule has 134 valence electrons. The number of nitrogens with zero attached hydrogens (tertiary/aromatic N) is 2. The van der Waals surface area contributed by atoms with Gasteiger partial charge < -0.3 is 14.8 Å². The van der Waals surface area contributed by atoms with Crippen molar-refractivity contribution in [2.24, 2.45) is 0 Å². The molecule has 2 aromatic rings. The van der Waals surface area contributed by atoms with Crippen molar-refractivity contribution in [3.05, 3.63) is 33.7 Å². The minimum absolute atomic E-state index is 0.0324. The fourth-order valence-electron chi connectivity index (χ4n) is 3.51. The van der Waals surface area contributed by atoms with Crippen molar-refractivity contribution < 1.29 is 14.8 Å². The predicted octanol–water partition coefficient (Wildman–Crippen LogP) is 1.93. The highest BCUT2D eigenvalue weighted by Gasteiger charge is 2.35. The minimum Gasteiger partial charge on any atom is -0.486 e. The standard InChI is InChI=1S/C18H25BN2O4/c1-4-12-6-7-13-15-14(17(22)21(5-2)16(13)20-12)8-9-18(3,25-15)10-11-19(23)24/h6-7,23-24H,4-5,8-11H2,1-3H3. The van der Waals surface area contributed by atoms with Gasteiger partial charge in [-0.2, -0.15) is 0 Å². The number of aryl methyl sites for hydroxylation is 2. The van der Waals surface area contributed by atoms with E-state index in [1.807, 2.05) is 32.9 Å². The minimum atomic E-state index is -1.35. The zero-order valence-electron chi connectivity index (χ0n) is 15.1. The number of hydrogen-bond donors (Lipinski definition) is 2. The summed E-state index contributed by atoms with van der Waals surface area (Å²) in [5.41, 5.74) is 1.75. The van der Waals surface area contributed by atoms with Crippen LogP contribution in [0.5, 0.6) is 5.75 Å². The molecule has 1 aliphatic rings. The third kappa shape index (κ3) is 3.31. The summed E-state index contributed by atoms with van der Waals surface area (Å²) in [7, 11) is -1.35. The Morgan fingerprint density at radius 3 is 2.76 bits per heavy atom. The van der Waals surface area contributed by atoms with Crippen LogP contribution in [-0.2, 0) is 19.4 Å². The summed E-state index contributed by atoms with van der Waals surface area (Å²) in [6, 6.07) is 3.96. The van der Waals surface area contributed by atoms with E-state index in [1.54, 1.807) is 4.57 Å². The molecule has 0 radical (unpaired) electrons. The lowest BCUT2D eigenvalue weighted by molar-refractivity contribution is 0.0607. The van der Waals surface area contributed by atoms with E-state index in [2.05, 4.69) is 4.98 Å². The Hall–Kier alpha value is -1.86. The zero-order valence-corrected chi connectivity index (χ0v) is 15.1. The highest BCUT2D eigenvalue weighted by atomic mass is 16.5. The maximum absolute atomic E-state index is 12.9. The molecule has 2 N–H and O–H groups in total. The molecule has 3 heterocycles. The summed E-state index contributed by atoms with van der Waals surface area (Å²) < 4.78 is 7.98. The van der Waals surface area contributed by atoms with E-state index in [4.69, 9.17) is 4.74 Å². The lowest BCUT2D eigenvalue weighted by Crippen LogP contribution is -2.40. The van der Waals surface area contributed by atoms with Gasteiger partial charge in [-0.15, -0.1) is 0 Å². The molecule has 1 atom stereocenters. The summed E-state index contributed by atoms with van der Waals surface area (Å²) in [6.45, 7) is 6.51. The number of hydrogen-bond acceptors (Lipinski definition) is 5. The van der Waals surface area contributed by atoms with Crippen LogP contribution in [0, 0.1) is 0 Å². The van der Waals surface area contributed by atoms with E-state index >= 15 is 0 Å². The molecule has 1 aliphatic heterocycles. The molecule has 0 amide bonds.